The number of anilines is 2. The Kier molecular flexibility index (Phi) is 7.06. The maximum absolute atomic E-state index is 12.4. The molecule has 0 saturated heterocycles. The summed E-state index contributed by atoms with van der Waals surface area (Å²) in [4.78, 5) is 23.5. The summed E-state index contributed by atoms with van der Waals surface area (Å²) in [5.41, 5.74) is 2.40. The van der Waals surface area contributed by atoms with Gasteiger partial charge in [-0.25, -0.2) is 4.79 Å². The van der Waals surface area contributed by atoms with Crippen molar-refractivity contribution in [1.82, 2.24) is 5.32 Å². The largest absolute Gasteiger partial charge is 0.466 e. The molecule has 5 nitrogen and oxygen atoms in total. The van der Waals surface area contributed by atoms with Gasteiger partial charge in [0.05, 0.1) is 34.1 Å². The van der Waals surface area contributed by atoms with Gasteiger partial charge in [0.1, 0.15) is 0 Å². The van der Waals surface area contributed by atoms with Gasteiger partial charge in [0, 0.05) is 12.6 Å². The third-order valence-electron chi connectivity index (χ3n) is 3.55. The molecule has 0 bridgehead atoms. The first-order valence-electron chi connectivity index (χ1n) is 7.77. The molecule has 1 amide bonds. The van der Waals surface area contributed by atoms with E-state index in [1.807, 2.05) is 13.0 Å². The fraction of sp³-hybridized carbons (Fsp3) is 0.158. The lowest BCUT2D eigenvalue weighted by Crippen LogP contribution is -2.24. The number of hydrogen-bond donors (Lipinski definition) is 2. The molecule has 2 aromatic carbocycles. The topological polar surface area (TPSA) is 67.4 Å². The monoisotopic (exact) mass is 392 g/mol. The summed E-state index contributed by atoms with van der Waals surface area (Å²) in [7, 11) is 1.29. The van der Waals surface area contributed by atoms with E-state index >= 15 is 0 Å². The molecule has 0 aliphatic rings. The first-order chi connectivity index (χ1) is 12.4. The number of amides is 1. The Labute approximate surface area is 161 Å². The van der Waals surface area contributed by atoms with E-state index in [9.17, 15) is 9.59 Å². The van der Waals surface area contributed by atoms with Crippen LogP contribution in [-0.2, 0) is 9.53 Å². The van der Waals surface area contributed by atoms with Crippen LogP contribution in [0.5, 0.6) is 0 Å². The lowest BCUT2D eigenvalue weighted by molar-refractivity contribution is -0.134. The third kappa shape index (κ3) is 5.00. The lowest BCUT2D eigenvalue weighted by Gasteiger charge is -2.15. The highest BCUT2D eigenvalue weighted by Gasteiger charge is 2.14. The molecular weight excluding hydrogens is 375 g/mol. The second-order valence-corrected chi connectivity index (χ2v) is 6.14. The molecule has 0 fully saturated rings. The first-order valence-corrected chi connectivity index (χ1v) is 8.53. The van der Waals surface area contributed by atoms with Crippen molar-refractivity contribution in [3.63, 3.8) is 0 Å². The number of ether oxygens (including phenoxy) is 1. The summed E-state index contributed by atoms with van der Waals surface area (Å²) in [6.45, 7) is 2.06. The minimum Gasteiger partial charge on any atom is -0.466 e. The third-order valence-corrected chi connectivity index (χ3v) is 4.35. The van der Waals surface area contributed by atoms with Gasteiger partial charge >= 0.3 is 5.97 Å². The standard InChI is InChI=1S/C19H18Cl2N2O3/c1-12-9-10-14(20)18(17(12)21)23-15-7-4-3-6-13(15)19(25)22-11-5-8-16(24)26-2/h3-10,23H,11H2,1-2H3,(H,22,25)/b8-5+. The van der Waals surface area contributed by atoms with Crippen LogP contribution in [0.2, 0.25) is 10.0 Å². The van der Waals surface area contributed by atoms with Crippen LogP contribution in [0.1, 0.15) is 15.9 Å². The van der Waals surface area contributed by atoms with Gasteiger partial charge in [-0.15, -0.1) is 0 Å². The van der Waals surface area contributed by atoms with E-state index in [2.05, 4.69) is 15.4 Å². The smallest absolute Gasteiger partial charge is 0.330 e. The molecule has 2 N–H and O–H groups in total. The number of aryl methyl sites for hydroxylation is 1. The number of rotatable bonds is 6. The van der Waals surface area contributed by atoms with E-state index in [0.717, 1.165) is 5.56 Å². The maximum Gasteiger partial charge on any atom is 0.330 e. The number of carbonyl (C=O) groups is 2. The van der Waals surface area contributed by atoms with Gasteiger partial charge in [0.2, 0.25) is 0 Å². The molecule has 0 aliphatic heterocycles. The van der Waals surface area contributed by atoms with Gasteiger partial charge in [0.25, 0.3) is 5.91 Å². The van der Waals surface area contributed by atoms with Crippen LogP contribution in [0.25, 0.3) is 0 Å². The summed E-state index contributed by atoms with van der Waals surface area (Å²) < 4.78 is 4.49. The maximum atomic E-state index is 12.4. The van der Waals surface area contributed by atoms with Gasteiger partial charge in [-0.05, 0) is 30.7 Å². The molecule has 0 atom stereocenters. The highest BCUT2D eigenvalue weighted by Crippen LogP contribution is 2.35. The first kappa shape index (κ1) is 19.8. The Bertz CT molecular complexity index is 851. The molecule has 0 aromatic heterocycles. The molecule has 0 saturated carbocycles. The zero-order chi connectivity index (χ0) is 19.1. The van der Waals surface area contributed by atoms with Crippen molar-refractivity contribution in [2.45, 2.75) is 6.92 Å². The normalized spacial score (nSPS) is 10.6. The lowest BCUT2D eigenvalue weighted by atomic mass is 10.1. The van der Waals surface area contributed by atoms with Crippen LogP contribution < -0.4 is 10.6 Å². The minimum absolute atomic E-state index is 0.189. The zero-order valence-electron chi connectivity index (χ0n) is 14.3. The summed E-state index contributed by atoms with van der Waals surface area (Å²) >= 11 is 12.6. The minimum atomic E-state index is -0.481. The van der Waals surface area contributed by atoms with Crippen molar-refractivity contribution in [3.05, 3.63) is 69.7 Å². The zero-order valence-corrected chi connectivity index (χ0v) is 15.8. The van der Waals surface area contributed by atoms with Crippen LogP contribution >= 0.6 is 23.2 Å². The number of halogens is 2. The summed E-state index contributed by atoms with van der Waals surface area (Å²) in [5, 5.41) is 6.79. The van der Waals surface area contributed by atoms with Crippen molar-refractivity contribution in [2.75, 3.05) is 19.0 Å². The molecule has 0 radical (unpaired) electrons. The van der Waals surface area contributed by atoms with E-state index in [0.29, 0.717) is 27.0 Å². The number of esters is 1. The Morgan fingerprint density at radius 2 is 1.88 bits per heavy atom. The van der Waals surface area contributed by atoms with Crippen LogP contribution in [0.15, 0.2) is 48.6 Å². The number of para-hydroxylation sites is 1. The molecule has 2 rings (SSSR count). The van der Waals surface area contributed by atoms with E-state index in [-0.39, 0.29) is 12.5 Å². The molecule has 136 valence electrons. The predicted molar refractivity (Wildman–Crippen MR) is 104 cm³/mol. The predicted octanol–water partition coefficient (Wildman–Crippen LogP) is 4.50. The summed E-state index contributed by atoms with van der Waals surface area (Å²) in [6, 6.07) is 10.6. The molecule has 0 unspecified atom stereocenters. The fourth-order valence-electron chi connectivity index (χ4n) is 2.17. The number of hydrogen-bond acceptors (Lipinski definition) is 4. The van der Waals surface area contributed by atoms with Gasteiger partial charge in [0.15, 0.2) is 0 Å². The average molecular weight is 393 g/mol. The van der Waals surface area contributed by atoms with E-state index in [1.165, 1.54) is 19.3 Å². The Morgan fingerprint density at radius 1 is 1.15 bits per heavy atom. The van der Waals surface area contributed by atoms with Crippen molar-refractivity contribution in [1.29, 1.82) is 0 Å². The molecular formula is C19H18Cl2N2O3. The highest BCUT2D eigenvalue weighted by molar-refractivity contribution is 6.39. The molecule has 0 aliphatic carbocycles. The average Bonchev–Trinajstić information content (AvgIpc) is 2.65. The van der Waals surface area contributed by atoms with E-state index < -0.39 is 5.97 Å². The van der Waals surface area contributed by atoms with Crippen molar-refractivity contribution < 1.29 is 14.3 Å². The molecule has 26 heavy (non-hydrogen) atoms. The van der Waals surface area contributed by atoms with Crippen LogP contribution in [0, 0.1) is 6.92 Å². The van der Waals surface area contributed by atoms with Gasteiger partial charge in [-0.3, -0.25) is 4.79 Å². The number of benzene rings is 2. The molecule has 0 heterocycles. The number of nitrogens with one attached hydrogen (secondary N) is 2. The van der Waals surface area contributed by atoms with Crippen molar-refractivity contribution in [3.8, 4) is 0 Å². The number of methoxy groups -OCH3 is 1. The second-order valence-electron chi connectivity index (χ2n) is 5.36. The van der Waals surface area contributed by atoms with Crippen LogP contribution in [0.4, 0.5) is 11.4 Å². The van der Waals surface area contributed by atoms with Crippen LogP contribution in [0.3, 0.4) is 0 Å². The summed E-state index contributed by atoms with van der Waals surface area (Å²) in [5.74, 6) is -0.785. The van der Waals surface area contributed by atoms with Gasteiger partial charge < -0.3 is 15.4 Å². The Balaban J connectivity index is 2.18. The Morgan fingerprint density at radius 3 is 2.62 bits per heavy atom. The van der Waals surface area contributed by atoms with Gasteiger partial charge in [-0.2, -0.15) is 0 Å². The van der Waals surface area contributed by atoms with Crippen molar-refractivity contribution >= 4 is 46.5 Å². The second kappa shape index (κ2) is 9.27. The van der Waals surface area contributed by atoms with Crippen molar-refractivity contribution in [2.24, 2.45) is 0 Å². The van der Waals surface area contributed by atoms with E-state index in [4.69, 9.17) is 23.2 Å². The summed E-state index contributed by atoms with van der Waals surface area (Å²) in [6.07, 6.45) is 2.75. The molecule has 2 aromatic rings. The van der Waals surface area contributed by atoms with Crippen LogP contribution in [-0.4, -0.2) is 25.5 Å². The molecule has 7 heteroatoms. The SMILES string of the molecule is COC(=O)/C=C/CNC(=O)c1ccccc1Nc1c(Cl)ccc(C)c1Cl. The van der Waals surface area contributed by atoms with E-state index in [1.54, 1.807) is 30.3 Å². The van der Waals surface area contributed by atoms with Gasteiger partial charge in [-0.1, -0.05) is 47.5 Å². The highest BCUT2D eigenvalue weighted by atomic mass is 35.5. The number of carbonyl (C=O) groups excluding carboxylic acids is 2. The molecule has 0 spiro atoms. The quantitative estimate of drug-likeness (QED) is 0.560. The fourth-order valence-corrected chi connectivity index (χ4v) is 2.63. The Hall–Kier alpha value is -2.50.